The number of aliphatic hydroxyl groups excluding tert-OH is 2. The first-order valence-corrected chi connectivity index (χ1v) is 5.07. The molecule has 0 aromatic rings. The molecule has 0 aromatic heterocycles. The quantitative estimate of drug-likeness (QED) is 0.474. The Balaban J connectivity index is -0.000000181. The molecule has 5 heteroatoms. The van der Waals surface area contributed by atoms with Gasteiger partial charge in [-0.05, 0) is 12.8 Å². The fraction of sp³-hybridized carbons (Fsp3) is 0.727. The lowest BCUT2D eigenvalue weighted by atomic mass is 10.2. The molecule has 98 valence electrons. The average Bonchev–Trinajstić information content (AvgIpc) is 2.26. The monoisotopic (exact) mass is 236 g/mol. The summed E-state index contributed by atoms with van der Waals surface area (Å²) >= 11 is 0. The summed E-state index contributed by atoms with van der Waals surface area (Å²) in [4.78, 5) is 9.25. The number of hydrogen-bond acceptors (Lipinski definition) is 4. The summed E-state index contributed by atoms with van der Waals surface area (Å²) in [6, 6.07) is 0. The van der Waals surface area contributed by atoms with Gasteiger partial charge >= 0.3 is 5.97 Å². The molecule has 0 heterocycles. The number of rotatable bonds is 6. The SMILES string of the molecule is C=CC(=O)O.COC.OCCCCCCO. The molecule has 0 radical (unpaired) electrons. The molecule has 0 aliphatic heterocycles. The van der Waals surface area contributed by atoms with Crippen molar-refractivity contribution < 1.29 is 24.9 Å². The van der Waals surface area contributed by atoms with E-state index in [0.717, 1.165) is 31.8 Å². The van der Waals surface area contributed by atoms with Crippen molar-refractivity contribution in [2.45, 2.75) is 25.7 Å². The first-order chi connectivity index (χ1) is 7.60. The van der Waals surface area contributed by atoms with Crippen molar-refractivity contribution in [1.82, 2.24) is 0 Å². The van der Waals surface area contributed by atoms with Crippen molar-refractivity contribution >= 4 is 5.97 Å². The van der Waals surface area contributed by atoms with Gasteiger partial charge in [0.1, 0.15) is 0 Å². The van der Waals surface area contributed by atoms with Crippen molar-refractivity contribution in [2.75, 3.05) is 27.4 Å². The van der Waals surface area contributed by atoms with Crippen molar-refractivity contribution in [3.63, 3.8) is 0 Å². The molecule has 0 spiro atoms. The standard InChI is InChI=1S/C6H14O2.C3H4O2.C2H6O/c7-5-3-1-2-4-6-8;1-2-3(4)5;1-3-2/h7-8H,1-6H2;2H,1H2,(H,4,5);1-2H3. The van der Waals surface area contributed by atoms with Crippen molar-refractivity contribution in [3.8, 4) is 0 Å². The van der Waals surface area contributed by atoms with Gasteiger partial charge < -0.3 is 20.1 Å². The summed E-state index contributed by atoms with van der Waals surface area (Å²) in [5.74, 6) is -0.981. The van der Waals surface area contributed by atoms with Crippen molar-refractivity contribution in [3.05, 3.63) is 12.7 Å². The van der Waals surface area contributed by atoms with E-state index in [9.17, 15) is 4.79 Å². The second kappa shape index (κ2) is 23.7. The Morgan fingerprint density at radius 3 is 1.50 bits per heavy atom. The molecular weight excluding hydrogens is 212 g/mol. The van der Waals surface area contributed by atoms with Crippen LogP contribution in [0.25, 0.3) is 0 Å². The Morgan fingerprint density at radius 2 is 1.38 bits per heavy atom. The van der Waals surface area contributed by atoms with Crippen LogP contribution in [0.3, 0.4) is 0 Å². The van der Waals surface area contributed by atoms with E-state index in [0.29, 0.717) is 0 Å². The Morgan fingerprint density at radius 1 is 1.12 bits per heavy atom. The van der Waals surface area contributed by atoms with Crippen LogP contribution in [0.4, 0.5) is 0 Å². The number of methoxy groups -OCH3 is 1. The molecule has 0 bridgehead atoms. The first kappa shape index (κ1) is 20.5. The van der Waals surface area contributed by atoms with E-state index < -0.39 is 5.97 Å². The van der Waals surface area contributed by atoms with Gasteiger partial charge in [0, 0.05) is 33.5 Å². The molecule has 0 saturated carbocycles. The number of carboxylic acids is 1. The highest BCUT2D eigenvalue weighted by atomic mass is 16.4. The molecule has 0 aliphatic carbocycles. The molecule has 0 amide bonds. The molecule has 0 unspecified atom stereocenters. The summed E-state index contributed by atoms with van der Waals surface area (Å²) in [7, 11) is 3.25. The Kier molecular flexibility index (Phi) is 30.4. The van der Waals surface area contributed by atoms with Crippen LogP contribution in [0, 0.1) is 0 Å². The molecular formula is C11H24O5. The smallest absolute Gasteiger partial charge is 0.327 e. The van der Waals surface area contributed by atoms with Gasteiger partial charge in [-0.15, -0.1) is 0 Å². The van der Waals surface area contributed by atoms with Crippen LogP contribution in [-0.2, 0) is 9.53 Å². The molecule has 0 saturated heterocycles. The number of hydrogen-bond donors (Lipinski definition) is 3. The number of ether oxygens (including phenoxy) is 1. The molecule has 5 nitrogen and oxygen atoms in total. The number of carboxylic acid groups (broad SMARTS) is 1. The topological polar surface area (TPSA) is 87.0 Å². The minimum Gasteiger partial charge on any atom is -0.478 e. The largest absolute Gasteiger partial charge is 0.478 e. The Bertz CT molecular complexity index is 130. The third-order valence-electron chi connectivity index (χ3n) is 1.24. The summed E-state index contributed by atoms with van der Waals surface area (Å²) in [5, 5.41) is 24.2. The number of carbonyl (C=O) groups is 1. The maximum atomic E-state index is 9.25. The predicted molar refractivity (Wildman–Crippen MR) is 63.4 cm³/mol. The molecule has 0 atom stereocenters. The van der Waals surface area contributed by atoms with Gasteiger partial charge in [-0.1, -0.05) is 19.4 Å². The van der Waals surface area contributed by atoms with Crippen LogP contribution in [-0.4, -0.2) is 48.7 Å². The van der Waals surface area contributed by atoms with E-state index >= 15 is 0 Å². The van der Waals surface area contributed by atoms with Gasteiger partial charge in [0.15, 0.2) is 0 Å². The minimum atomic E-state index is -0.981. The third kappa shape index (κ3) is 51.6. The van der Waals surface area contributed by atoms with Gasteiger partial charge in [-0.3, -0.25) is 0 Å². The number of aliphatic carboxylic acids is 1. The molecule has 0 aromatic carbocycles. The summed E-state index contributed by atoms with van der Waals surface area (Å²) < 4.78 is 4.25. The lowest BCUT2D eigenvalue weighted by molar-refractivity contribution is -0.131. The average molecular weight is 236 g/mol. The molecule has 16 heavy (non-hydrogen) atoms. The predicted octanol–water partition coefficient (Wildman–Crippen LogP) is 1.05. The Labute approximate surface area is 97.4 Å². The number of aliphatic hydroxyl groups is 2. The van der Waals surface area contributed by atoms with E-state index in [2.05, 4.69) is 11.3 Å². The van der Waals surface area contributed by atoms with E-state index in [1.54, 1.807) is 14.2 Å². The zero-order valence-corrected chi connectivity index (χ0v) is 10.2. The minimum absolute atomic E-state index is 0.283. The summed E-state index contributed by atoms with van der Waals surface area (Å²) in [5.41, 5.74) is 0. The molecule has 3 N–H and O–H groups in total. The van der Waals surface area contributed by atoms with Crippen LogP contribution >= 0.6 is 0 Å². The highest BCUT2D eigenvalue weighted by molar-refractivity contribution is 5.78. The molecule has 0 rings (SSSR count). The normalized spacial score (nSPS) is 8.00. The highest BCUT2D eigenvalue weighted by Crippen LogP contribution is 1.96. The van der Waals surface area contributed by atoms with Gasteiger partial charge in [-0.2, -0.15) is 0 Å². The molecule has 0 fully saturated rings. The maximum absolute atomic E-state index is 9.25. The van der Waals surface area contributed by atoms with E-state index in [1.165, 1.54) is 0 Å². The van der Waals surface area contributed by atoms with Crippen LogP contribution < -0.4 is 0 Å². The fourth-order valence-electron chi connectivity index (χ4n) is 0.577. The van der Waals surface area contributed by atoms with E-state index in [1.807, 2.05) is 0 Å². The number of unbranched alkanes of at least 4 members (excludes halogenated alkanes) is 3. The Hall–Kier alpha value is -0.910. The van der Waals surface area contributed by atoms with Crippen LogP contribution in [0.1, 0.15) is 25.7 Å². The molecule has 0 aliphatic rings. The van der Waals surface area contributed by atoms with Crippen molar-refractivity contribution in [2.24, 2.45) is 0 Å². The van der Waals surface area contributed by atoms with Gasteiger partial charge in [-0.25, -0.2) is 4.79 Å². The first-order valence-electron chi connectivity index (χ1n) is 5.07. The highest BCUT2D eigenvalue weighted by Gasteiger charge is 1.84. The van der Waals surface area contributed by atoms with Crippen LogP contribution in [0.2, 0.25) is 0 Å². The van der Waals surface area contributed by atoms with Crippen LogP contribution in [0.15, 0.2) is 12.7 Å². The lowest BCUT2D eigenvalue weighted by Crippen LogP contribution is -1.85. The zero-order chi connectivity index (χ0) is 13.2. The van der Waals surface area contributed by atoms with Gasteiger partial charge in [0.05, 0.1) is 0 Å². The van der Waals surface area contributed by atoms with Gasteiger partial charge in [0.2, 0.25) is 0 Å². The van der Waals surface area contributed by atoms with Crippen molar-refractivity contribution in [1.29, 1.82) is 0 Å². The third-order valence-corrected chi connectivity index (χ3v) is 1.24. The summed E-state index contributed by atoms with van der Waals surface area (Å²) in [6.07, 6.45) is 4.66. The van der Waals surface area contributed by atoms with E-state index in [4.69, 9.17) is 15.3 Å². The maximum Gasteiger partial charge on any atom is 0.327 e. The van der Waals surface area contributed by atoms with Gasteiger partial charge in [0.25, 0.3) is 0 Å². The summed E-state index contributed by atoms with van der Waals surface area (Å²) in [6.45, 7) is 3.53. The zero-order valence-electron chi connectivity index (χ0n) is 10.2. The second-order valence-corrected chi connectivity index (χ2v) is 2.81. The second-order valence-electron chi connectivity index (χ2n) is 2.81. The lowest BCUT2D eigenvalue weighted by Gasteiger charge is -1.93. The van der Waals surface area contributed by atoms with Crippen LogP contribution in [0.5, 0.6) is 0 Å². The fourth-order valence-corrected chi connectivity index (χ4v) is 0.577. The van der Waals surface area contributed by atoms with E-state index in [-0.39, 0.29) is 13.2 Å².